The highest BCUT2D eigenvalue weighted by Crippen LogP contribution is 1.90. The molecule has 0 aliphatic rings. The summed E-state index contributed by atoms with van der Waals surface area (Å²) in [7, 11) is 0. The van der Waals surface area contributed by atoms with Crippen molar-refractivity contribution >= 4 is 0 Å². The maximum absolute atomic E-state index is 8.28. The third-order valence-corrected chi connectivity index (χ3v) is 1.34. The Morgan fingerprint density at radius 3 is 2.07 bits per heavy atom. The molecule has 90 valence electrons. The van der Waals surface area contributed by atoms with Crippen molar-refractivity contribution in [1.82, 2.24) is 0 Å². The summed E-state index contributed by atoms with van der Waals surface area (Å²) in [4.78, 5) is 0. The van der Waals surface area contributed by atoms with E-state index in [2.05, 4.69) is 27.0 Å². The molecule has 0 unspecified atom stereocenters. The molecule has 0 amide bonds. The molecule has 0 fully saturated rings. The molecule has 0 radical (unpaired) electrons. The van der Waals surface area contributed by atoms with Gasteiger partial charge in [-0.25, -0.2) is 0 Å². The number of hydrogen-bond donors (Lipinski definition) is 1. The first-order chi connectivity index (χ1) is 7.18. The topological polar surface area (TPSA) is 38.7 Å². The van der Waals surface area contributed by atoms with Crippen LogP contribution in [0.4, 0.5) is 0 Å². The van der Waals surface area contributed by atoms with E-state index in [1.165, 1.54) is 12.5 Å². The van der Waals surface area contributed by atoms with Crippen molar-refractivity contribution in [1.29, 1.82) is 0 Å². The molecule has 3 nitrogen and oxygen atoms in total. The number of aliphatic hydroxyl groups is 1. The van der Waals surface area contributed by atoms with E-state index in [1.54, 1.807) is 0 Å². The molecule has 0 rings (SSSR count). The summed E-state index contributed by atoms with van der Waals surface area (Å²) in [5.74, 6) is 0.609. The monoisotopic (exact) mass is 216 g/mol. The van der Waals surface area contributed by atoms with Gasteiger partial charge in [0.2, 0.25) is 0 Å². The van der Waals surface area contributed by atoms with Gasteiger partial charge in [0.25, 0.3) is 0 Å². The van der Waals surface area contributed by atoms with Crippen molar-refractivity contribution in [2.24, 2.45) is 5.92 Å². The summed E-state index contributed by atoms with van der Waals surface area (Å²) >= 11 is 0. The van der Waals surface area contributed by atoms with Crippen LogP contribution in [0.1, 0.15) is 26.7 Å². The fourth-order valence-corrected chi connectivity index (χ4v) is 0.641. The number of ether oxygens (including phenoxy) is 2. The predicted octanol–water partition coefficient (Wildman–Crippen LogP) is 2.72. The summed E-state index contributed by atoms with van der Waals surface area (Å²) in [5, 5.41) is 8.28. The minimum Gasteiger partial charge on any atom is -0.502 e. The van der Waals surface area contributed by atoms with E-state index >= 15 is 0 Å². The smallest absolute Gasteiger partial charge is 0.0895 e. The molecule has 0 aromatic heterocycles. The Hall–Kier alpha value is -0.960. The highest BCUT2D eigenvalue weighted by atomic mass is 16.5. The summed E-state index contributed by atoms with van der Waals surface area (Å²) < 4.78 is 9.65. The Kier molecular flexibility index (Phi) is 17.0. The number of unbranched alkanes of at least 4 members (excludes halogenated alkanes) is 1. The van der Waals surface area contributed by atoms with E-state index in [4.69, 9.17) is 14.6 Å². The SMILES string of the molecule is C=COCC(C)C.C=COCCCCO. The lowest BCUT2D eigenvalue weighted by Crippen LogP contribution is -1.95. The van der Waals surface area contributed by atoms with Gasteiger partial charge >= 0.3 is 0 Å². The summed E-state index contributed by atoms with van der Waals surface area (Å²) in [6.45, 7) is 12.7. The molecule has 0 aromatic carbocycles. The average molecular weight is 216 g/mol. The van der Waals surface area contributed by atoms with E-state index in [0.29, 0.717) is 12.5 Å². The van der Waals surface area contributed by atoms with Gasteiger partial charge in [-0.3, -0.25) is 0 Å². The minimum absolute atomic E-state index is 0.250. The van der Waals surface area contributed by atoms with Crippen molar-refractivity contribution in [3.8, 4) is 0 Å². The van der Waals surface area contributed by atoms with Gasteiger partial charge in [0, 0.05) is 6.61 Å². The molecular formula is C12H24O3. The van der Waals surface area contributed by atoms with Gasteiger partial charge in [-0.1, -0.05) is 27.0 Å². The lowest BCUT2D eigenvalue weighted by molar-refractivity contribution is 0.212. The second-order valence-electron chi connectivity index (χ2n) is 3.36. The van der Waals surface area contributed by atoms with Crippen LogP contribution >= 0.6 is 0 Å². The Morgan fingerprint density at radius 1 is 1.13 bits per heavy atom. The quantitative estimate of drug-likeness (QED) is 0.501. The lowest BCUT2D eigenvalue weighted by Gasteiger charge is -2.00. The van der Waals surface area contributed by atoms with Gasteiger partial charge in [0.05, 0.1) is 25.7 Å². The van der Waals surface area contributed by atoms with Crippen LogP contribution in [0.25, 0.3) is 0 Å². The lowest BCUT2D eigenvalue weighted by atomic mass is 10.2. The van der Waals surface area contributed by atoms with Gasteiger partial charge in [-0.15, -0.1) is 0 Å². The van der Waals surface area contributed by atoms with Gasteiger partial charge in [-0.05, 0) is 18.8 Å². The van der Waals surface area contributed by atoms with Crippen LogP contribution in [0, 0.1) is 5.92 Å². The molecule has 0 bridgehead atoms. The van der Waals surface area contributed by atoms with Gasteiger partial charge in [0.1, 0.15) is 0 Å². The van der Waals surface area contributed by atoms with Crippen LogP contribution in [0.5, 0.6) is 0 Å². The van der Waals surface area contributed by atoms with Crippen molar-refractivity contribution in [3.05, 3.63) is 25.7 Å². The maximum atomic E-state index is 8.28. The van der Waals surface area contributed by atoms with Gasteiger partial charge < -0.3 is 14.6 Å². The molecule has 0 aliphatic heterocycles. The molecular weight excluding hydrogens is 192 g/mol. The van der Waals surface area contributed by atoms with Crippen LogP contribution in [0.3, 0.4) is 0 Å². The zero-order chi connectivity index (χ0) is 11.9. The van der Waals surface area contributed by atoms with Crippen molar-refractivity contribution in [2.45, 2.75) is 26.7 Å². The highest BCUT2D eigenvalue weighted by molar-refractivity contribution is 4.50. The predicted molar refractivity (Wildman–Crippen MR) is 63.5 cm³/mol. The number of aliphatic hydroxyl groups excluding tert-OH is 1. The van der Waals surface area contributed by atoms with Crippen molar-refractivity contribution in [2.75, 3.05) is 19.8 Å². The Bertz CT molecular complexity index is 133. The van der Waals surface area contributed by atoms with Crippen molar-refractivity contribution in [3.63, 3.8) is 0 Å². The third kappa shape index (κ3) is 24.6. The molecule has 3 heteroatoms. The highest BCUT2D eigenvalue weighted by Gasteiger charge is 1.87. The number of hydrogen-bond acceptors (Lipinski definition) is 3. The molecule has 0 atom stereocenters. The van der Waals surface area contributed by atoms with Crippen LogP contribution in [0.2, 0.25) is 0 Å². The second kappa shape index (κ2) is 15.5. The zero-order valence-corrected chi connectivity index (χ0v) is 9.95. The summed E-state index contributed by atoms with van der Waals surface area (Å²) in [5.41, 5.74) is 0. The maximum Gasteiger partial charge on any atom is 0.0895 e. The van der Waals surface area contributed by atoms with Crippen LogP contribution in [0.15, 0.2) is 25.7 Å². The Morgan fingerprint density at radius 2 is 1.73 bits per heavy atom. The standard InChI is InChI=1S/C6H12O2.C6H12O/c1-2-8-6-4-3-5-7;1-4-7-5-6(2)3/h2,7H,1,3-6H2;4,6H,1,5H2,2-3H3. The van der Waals surface area contributed by atoms with Gasteiger partial charge in [-0.2, -0.15) is 0 Å². The van der Waals surface area contributed by atoms with E-state index in [1.807, 2.05) is 0 Å². The van der Waals surface area contributed by atoms with Crippen LogP contribution in [-0.4, -0.2) is 24.9 Å². The summed E-state index contributed by atoms with van der Waals surface area (Å²) in [6, 6.07) is 0. The minimum atomic E-state index is 0.250. The zero-order valence-electron chi connectivity index (χ0n) is 9.95. The first kappa shape index (κ1) is 16.5. The second-order valence-corrected chi connectivity index (χ2v) is 3.36. The largest absolute Gasteiger partial charge is 0.502 e. The third-order valence-electron chi connectivity index (χ3n) is 1.34. The molecule has 0 heterocycles. The molecule has 0 aromatic rings. The van der Waals surface area contributed by atoms with Crippen molar-refractivity contribution < 1.29 is 14.6 Å². The van der Waals surface area contributed by atoms with E-state index < -0.39 is 0 Å². The van der Waals surface area contributed by atoms with E-state index in [0.717, 1.165) is 19.4 Å². The van der Waals surface area contributed by atoms with E-state index in [-0.39, 0.29) is 6.61 Å². The normalized spacial score (nSPS) is 8.80. The summed E-state index contributed by atoms with van der Waals surface area (Å²) in [6.07, 6.45) is 4.60. The van der Waals surface area contributed by atoms with Gasteiger partial charge in [0.15, 0.2) is 0 Å². The number of rotatable bonds is 8. The Labute approximate surface area is 93.4 Å². The molecule has 0 spiro atoms. The molecule has 15 heavy (non-hydrogen) atoms. The fraction of sp³-hybridized carbons (Fsp3) is 0.667. The average Bonchev–Trinajstić information content (AvgIpc) is 2.22. The van der Waals surface area contributed by atoms with Crippen LogP contribution in [-0.2, 0) is 9.47 Å². The Balaban J connectivity index is 0. The van der Waals surface area contributed by atoms with Crippen LogP contribution < -0.4 is 0 Å². The molecule has 0 saturated carbocycles. The molecule has 0 aliphatic carbocycles. The molecule has 1 N–H and O–H groups in total. The molecule has 0 saturated heterocycles. The fourth-order valence-electron chi connectivity index (χ4n) is 0.641. The first-order valence-corrected chi connectivity index (χ1v) is 5.24. The van der Waals surface area contributed by atoms with E-state index in [9.17, 15) is 0 Å². The first-order valence-electron chi connectivity index (χ1n) is 5.24.